The Bertz CT molecular complexity index is 338. The predicted molar refractivity (Wildman–Crippen MR) is 75.4 cm³/mol. The zero-order valence-corrected chi connectivity index (χ0v) is 11.4. The second kappa shape index (κ2) is 6.91. The van der Waals surface area contributed by atoms with Crippen LogP contribution in [0.3, 0.4) is 0 Å². The predicted octanol–water partition coefficient (Wildman–Crippen LogP) is 3.20. The molecular formula is C16H25NO. The Labute approximate surface area is 111 Å². The highest BCUT2D eigenvalue weighted by Gasteiger charge is 2.24. The van der Waals surface area contributed by atoms with Gasteiger partial charge in [-0.15, -0.1) is 0 Å². The highest BCUT2D eigenvalue weighted by molar-refractivity contribution is 5.14. The summed E-state index contributed by atoms with van der Waals surface area (Å²) in [6.07, 6.45) is 5.52. The lowest BCUT2D eigenvalue weighted by Gasteiger charge is -2.36. The smallest absolute Gasteiger partial charge is 0.0552 e. The van der Waals surface area contributed by atoms with Gasteiger partial charge >= 0.3 is 0 Å². The molecule has 18 heavy (non-hydrogen) atoms. The number of aliphatic hydroxyl groups excluding tert-OH is 1. The van der Waals surface area contributed by atoms with Gasteiger partial charge in [0.05, 0.1) is 6.10 Å². The fraction of sp³-hybridized carbons (Fsp3) is 0.625. The summed E-state index contributed by atoms with van der Waals surface area (Å²) in [6, 6.07) is 11.2. The van der Waals surface area contributed by atoms with E-state index in [1.54, 1.807) is 0 Å². The molecule has 1 aliphatic rings. The van der Waals surface area contributed by atoms with Crippen molar-refractivity contribution in [2.24, 2.45) is 0 Å². The highest BCUT2D eigenvalue weighted by atomic mass is 16.3. The zero-order valence-electron chi connectivity index (χ0n) is 11.4. The number of hydrogen-bond acceptors (Lipinski definition) is 2. The monoisotopic (exact) mass is 247 g/mol. The van der Waals surface area contributed by atoms with Crippen molar-refractivity contribution in [2.45, 2.75) is 57.7 Å². The van der Waals surface area contributed by atoms with E-state index in [0.717, 1.165) is 19.4 Å². The molecule has 1 heterocycles. The third-order valence-corrected chi connectivity index (χ3v) is 3.99. The van der Waals surface area contributed by atoms with E-state index in [0.29, 0.717) is 6.04 Å². The Balaban J connectivity index is 1.95. The molecule has 100 valence electrons. The summed E-state index contributed by atoms with van der Waals surface area (Å²) in [5, 5.41) is 9.87. The number of rotatable bonds is 5. The van der Waals surface area contributed by atoms with Crippen LogP contribution in [0.4, 0.5) is 0 Å². The molecule has 1 aromatic rings. The summed E-state index contributed by atoms with van der Waals surface area (Å²) in [7, 11) is 0. The number of aliphatic hydroxyl groups is 1. The van der Waals surface area contributed by atoms with E-state index in [1.165, 1.54) is 31.4 Å². The van der Waals surface area contributed by atoms with Gasteiger partial charge in [0.2, 0.25) is 0 Å². The standard InChI is InChI=1S/C16H25NO/c1-2-16(18)12-15-10-6-7-11-17(15)13-14-8-4-3-5-9-14/h3-5,8-9,15-16,18H,2,6-7,10-13H2,1H3/t15-,16-/m0/s1. The molecule has 0 unspecified atom stereocenters. The lowest BCUT2D eigenvalue weighted by atomic mass is 9.95. The zero-order chi connectivity index (χ0) is 12.8. The minimum Gasteiger partial charge on any atom is -0.393 e. The van der Waals surface area contributed by atoms with Gasteiger partial charge in [0.1, 0.15) is 0 Å². The van der Waals surface area contributed by atoms with Crippen molar-refractivity contribution in [3.05, 3.63) is 35.9 Å². The molecule has 0 bridgehead atoms. The number of piperidine rings is 1. The second-order valence-electron chi connectivity index (χ2n) is 5.40. The quantitative estimate of drug-likeness (QED) is 0.863. The van der Waals surface area contributed by atoms with E-state index < -0.39 is 0 Å². The van der Waals surface area contributed by atoms with Gasteiger partial charge in [-0.1, -0.05) is 43.7 Å². The third-order valence-electron chi connectivity index (χ3n) is 3.99. The van der Waals surface area contributed by atoms with Crippen LogP contribution in [0.1, 0.15) is 44.6 Å². The number of benzene rings is 1. The lowest BCUT2D eigenvalue weighted by molar-refractivity contribution is 0.0722. The number of hydrogen-bond donors (Lipinski definition) is 1. The molecule has 0 spiro atoms. The van der Waals surface area contributed by atoms with Gasteiger partial charge in [0.15, 0.2) is 0 Å². The maximum atomic E-state index is 9.87. The molecule has 2 atom stereocenters. The first-order valence-electron chi connectivity index (χ1n) is 7.25. The molecule has 0 radical (unpaired) electrons. The van der Waals surface area contributed by atoms with Crippen molar-refractivity contribution in [2.75, 3.05) is 6.54 Å². The normalized spacial score (nSPS) is 22.9. The topological polar surface area (TPSA) is 23.5 Å². The van der Waals surface area contributed by atoms with E-state index in [4.69, 9.17) is 0 Å². The average Bonchev–Trinajstić information content (AvgIpc) is 2.42. The average molecular weight is 247 g/mol. The maximum absolute atomic E-state index is 9.87. The van der Waals surface area contributed by atoms with Crippen LogP contribution in [0.15, 0.2) is 30.3 Å². The van der Waals surface area contributed by atoms with E-state index in [1.807, 2.05) is 0 Å². The van der Waals surface area contributed by atoms with Gasteiger partial charge in [-0.3, -0.25) is 4.90 Å². The van der Waals surface area contributed by atoms with Crippen molar-refractivity contribution in [3.8, 4) is 0 Å². The van der Waals surface area contributed by atoms with Crippen molar-refractivity contribution in [1.29, 1.82) is 0 Å². The Morgan fingerprint density at radius 3 is 2.78 bits per heavy atom. The summed E-state index contributed by atoms with van der Waals surface area (Å²) in [5.74, 6) is 0. The van der Waals surface area contributed by atoms with Crippen molar-refractivity contribution in [3.63, 3.8) is 0 Å². The summed E-state index contributed by atoms with van der Waals surface area (Å²) < 4.78 is 0. The van der Waals surface area contributed by atoms with Crippen molar-refractivity contribution >= 4 is 0 Å². The molecule has 1 aromatic carbocycles. The molecule has 1 aliphatic heterocycles. The van der Waals surface area contributed by atoms with Crippen molar-refractivity contribution in [1.82, 2.24) is 4.90 Å². The maximum Gasteiger partial charge on any atom is 0.0552 e. The molecule has 1 fully saturated rings. The molecule has 0 amide bonds. The Morgan fingerprint density at radius 2 is 2.06 bits per heavy atom. The van der Waals surface area contributed by atoms with Crippen LogP contribution in [0, 0.1) is 0 Å². The second-order valence-corrected chi connectivity index (χ2v) is 5.40. The van der Waals surface area contributed by atoms with Gasteiger partial charge in [-0.25, -0.2) is 0 Å². The first-order valence-corrected chi connectivity index (χ1v) is 7.25. The Kier molecular flexibility index (Phi) is 5.21. The summed E-state index contributed by atoms with van der Waals surface area (Å²) in [4.78, 5) is 2.55. The number of nitrogens with zero attached hydrogens (tertiary/aromatic N) is 1. The lowest BCUT2D eigenvalue weighted by Crippen LogP contribution is -2.40. The molecule has 0 saturated carbocycles. The van der Waals surface area contributed by atoms with E-state index >= 15 is 0 Å². The van der Waals surface area contributed by atoms with Crippen LogP contribution in [0.25, 0.3) is 0 Å². The fourth-order valence-corrected chi connectivity index (χ4v) is 2.83. The molecule has 1 N–H and O–H groups in total. The molecule has 2 heteroatoms. The Morgan fingerprint density at radius 1 is 1.28 bits per heavy atom. The van der Waals surface area contributed by atoms with Crippen LogP contribution in [0.2, 0.25) is 0 Å². The van der Waals surface area contributed by atoms with Gasteiger partial charge < -0.3 is 5.11 Å². The minimum atomic E-state index is -0.133. The van der Waals surface area contributed by atoms with Crippen molar-refractivity contribution < 1.29 is 5.11 Å². The van der Waals surface area contributed by atoms with Crippen LogP contribution >= 0.6 is 0 Å². The largest absolute Gasteiger partial charge is 0.393 e. The third kappa shape index (κ3) is 3.82. The van der Waals surface area contributed by atoms with E-state index in [9.17, 15) is 5.11 Å². The van der Waals surface area contributed by atoms with Crippen LogP contribution in [-0.4, -0.2) is 28.7 Å². The molecule has 0 aliphatic carbocycles. The van der Waals surface area contributed by atoms with E-state index in [2.05, 4.69) is 42.2 Å². The number of likely N-dealkylation sites (tertiary alicyclic amines) is 1. The van der Waals surface area contributed by atoms with Crippen LogP contribution in [0.5, 0.6) is 0 Å². The van der Waals surface area contributed by atoms with Crippen LogP contribution < -0.4 is 0 Å². The molecular weight excluding hydrogens is 222 g/mol. The fourth-order valence-electron chi connectivity index (χ4n) is 2.83. The first kappa shape index (κ1) is 13.6. The van der Waals surface area contributed by atoms with E-state index in [-0.39, 0.29) is 6.10 Å². The summed E-state index contributed by atoms with van der Waals surface area (Å²) >= 11 is 0. The summed E-state index contributed by atoms with van der Waals surface area (Å²) in [6.45, 7) is 4.27. The first-order chi connectivity index (χ1) is 8.79. The summed E-state index contributed by atoms with van der Waals surface area (Å²) in [5.41, 5.74) is 1.38. The van der Waals surface area contributed by atoms with Gasteiger partial charge in [-0.05, 0) is 37.8 Å². The Hall–Kier alpha value is -0.860. The SMILES string of the molecule is CC[C@H](O)C[C@@H]1CCCCN1Cc1ccccc1. The van der Waals surface area contributed by atoms with Crippen LogP contribution in [-0.2, 0) is 6.54 Å². The van der Waals surface area contributed by atoms with Gasteiger partial charge in [-0.2, -0.15) is 0 Å². The minimum absolute atomic E-state index is 0.133. The molecule has 0 aromatic heterocycles. The molecule has 2 rings (SSSR count). The molecule has 1 saturated heterocycles. The van der Waals surface area contributed by atoms with Gasteiger partial charge in [0, 0.05) is 12.6 Å². The van der Waals surface area contributed by atoms with Gasteiger partial charge in [0.25, 0.3) is 0 Å². The molecule has 2 nitrogen and oxygen atoms in total. The highest BCUT2D eigenvalue weighted by Crippen LogP contribution is 2.23.